The van der Waals surface area contributed by atoms with Crippen molar-refractivity contribution >= 4 is 67.3 Å². The minimum absolute atomic E-state index is 0.129. The summed E-state index contributed by atoms with van der Waals surface area (Å²) in [6.07, 6.45) is 0. The van der Waals surface area contributed by atoms with Gasteiger partial charge in [0.2, 0.25) is 5.91 Å². The smallest absolute Gasteiger partial charge is 0.257 e. The molecular weight excluding hydrogens is 424 g/mol. The maximum atomic E-state index is 12.5. The molecule has 0 saturated carbocycles. The average Bonchev–Trinajstić information content (AvgIpc) is 3.35. The van der Waals surface area contributed by atoms with E-state index in [1.807, 2.05) is 35.2 Å². The van der Waals surface area contributed by atoms with Crippen molar-refractivity contribution < 1.29 is 9.59 Å². The second kappa shape index (κ2) is 8.73. The van der Waals surface area contributed by atoms with E-state index in [4.69, 9.17) is 0 Å². The molecule has 0 aliphatic rings. The van der Waals surface area contributed by atoms with Crippen molar-refractivity contribution in [2.24, 2.45) is 0 Å². The molecule has 0 aliphatic carbocycles. The molecule has 9 heteroatoms. The van der Waals surface area contributed by atoms with Gasteiger partial charge >= 0.3 is 0 Å². The van der Waals surface area contributed by atoms with Crippen molar-refractivity contribution in [2.75, 3.05) is 10.6 Å². The number of thioether (sulfide) groups is 1. The fourth-order valence-corrected chi connectivity index (χ4v) is 4.96. The maximum absolute atomic E-state index is 12.5. The molecular formula is C20H16N4O2S3. The molecule has 2 heterocycles. The molecule has 0 saturated heterocycles. The molecule has 0 atom stereocenters. The fourth-order valence-electron chi connectivity index (χ4n) is 2.60. The van der Waals surface area contributed by atoms with Gasteiger partial charge in [-0.3, -0.25) is 14.9 Å². The highest BCUT2D eigenvalue weighted by atomic mass is 32.2. The van der Waals surface area contributed by atoms with E-state index < -0.39 is 0 Å². The molecule has 0 fully saturated rings. The summed E-state index contributed by atoms with van der Waals surface area (Å²) in [4.78, 5) is 33.5. The van der Waals surface area contributed by atoms with Crippen LogP contribution in [0.1, 0.15) is 23.0 Å². The lowest BCUT2D eigenvalue weighted by atomic mass is 10.2. The number of thiazole rings is 2. The van der Waals surface area contributed by atoms with Crippen LogP contribution in [0.2, 0.25) is 0 Å². The van der Waals surface area contributed by atoms with Crippen LogP contribution in [0.15, 0.2) is 58.3 Å². The van der Waals surface area contributed by atoms with Crippen molar-refractivity contribution in [1.82, 2.24) is 9.97 Å². The molecule has 0 radical (unpaired) electrons. The second-order valence-corrected chi connectivity index (χ2v) is 8.93. The van der Waals surface area contributed by atoms with E-state index in [9.17, 15) is 9.59 Å². The zero-order valence-electron chi connectivity index (χ0n) is 15.3. The molecule has 0 spiro atoms. The minimum Gasteiger partial charge on any atom is -0.326 e. The van der Waals surface area contributed by atoms with Gasteiger partial charge in [-0.25, -0.2) is 9.97 Å². The highest BCUT2D eigenvalue weighted by Gasteiger charge is 2.11. The van der Waals surface area contributed by atoms with E-state index in [-0.39, 0.29) is 11.8 Å². The largest absolute Gasteiger partial charge is 0.326 e. The predicted molar refractivity (Wildman–Crippen MR) is 120 cm³/mol. The van der Waals surface area contributed by atoms with Crippen LogP contribution >= 0.6 is 34.4 Å². The Morgan fingerprint density at radius 3 is 2.66 bits per heavy atom. The van der Waals surface area contributed by atoms with Crippen LogP contribution in [0.5, 0.6) is 0 Å². The number of anilines is 2. The van der Waals surface area contributed by atoms with Crippen molar-refractivity contribution in [3.8, 4) is 0 Å². The molecule has 29 heavy (non-hydrogen) atoms. The number of hydrogen-bond acceptors (Lipinski definition) is 7. The lowest BCUT2D eigenvalue weighted by Crippen LogP contribution is -2.11. The van der Waals surface area contributed by atoms with E-state index in [1.54, 1.807) is 41.3 Å². The number of carbonyl (C=O) groups is 2. The number of nitrogens with zero attached hydrogens (tertiary/aromatic N) is 2. The quantitative estimate of drug-likeness (QED) is 0.400. The van der Waals surface area contributed by atoms with Gasteiger partial charge in [0.05, 0.1) is 21.4 Å². The molecule has 0 aliphatic heterocycles. The summed E-state index contributed by atoms with van der Waals surface area (Å²) in [6, 6.07) is 12.9. The minimum atomic E-state index is -0.206. The topological polar surface area (TPSA) is 84.0 Å². The third kappa shape index (κ3) is 5.00. The monoisotopic (exact) mass is 440 g/mol. The zero-order chi connectivity index (χ0) is 20.2. The first kappa shape index (κ1) is 19.6. The number of fused-ring (bicyclic) bond motifs is 1. The van der Waals surface area contributed by atoms with Gasteiger partial charge in [0, 0.05) is 34.2 Å². The Bertz CT molecular complexity index is 1150. The Labute approximate surface area is 179 Å². The Morgan fingerprint density at radius 1 is 1.10 bits per heavy atom. The van der Waals surface area contributed by atoms with E-state index in [2.05, 4.69) is 20.6 Å². The molecule has 2 N–H and O–H groups in total. The van der Waals surface area contributed by atoms with Crippen LogP contribution < -0.4 is 10.6 Å². The van der Waals surface area contributed by atoms with Crippen molar-refractivity contribution in [1.29, 1.82) is 0 Å². The first-order valence-electron chi connectivity index (χ1n) is 8.66. The van der Waals surface area contributed by atoms with Gasteiger partial charge in [0.1, 0.15) is 0 Å². The van der Waals surface area contributed by atoms with Crippen molar-refractivity contribution in [2.45, 2.75) is 17.6 Å². The standard InChI is InChI=1S/C20H16N4O2S3/c1-12(25)22-14-4-7-17-18(8-14)29-20(23-17)24-19(26)13-2-5-16(6-3-13)28-10-15-9-27-11-21-15/h2-9,11H,10H2,1H3,(H,22,25)(H,23,24,26). The number of aromatic nitrogens is 2. The van der Waals surface area contributed by atoms with Crippen LogP contribution in [0.3, 0.4) is 0 Å². The number of nitrogens with one attached hydrogen (secondary N) is 2. The molecule has 4 aromatic rings. The van der Waals surface area contributed by atoms with Gasteiger partial charge in [0.25, 0.3) is 5.91 Å². The fraction of sp³-hybridized carbons (Fsp3) is 0.100. The Kier molecular flexibility index (Phi) is 5.89. The number of amides is 2. The highest BCUT2D eigenvalue weighted by Crippen LogP contribution is 2.29. The lowest BCUT2D eigenvalue weighted by molar-refractivity contribution is -0.114. The molecule has 0 unspecified atom stereocenters. The second-order valence-electron chi connectivity index (χ2n) is 6.13. The highest BCUT2D eigenvalue weighted by molar-refractivity contribution is 7.98. The van der Waals surface area contributed by atoms with Crippen LogP contribution in [0.25, 0.3) is 10.2 Å². The normalized spacial score (nSPS) is 10.8. The predicted octanol–water partition coefficient (Wildman–Crippen LogP) is 5.26. The molecule has 2 aromatic heterocycles. The summed E-state index contributed by atoms with van der Waals surface area (Å²) in [7, 11) is 0. The van der Waals surface area contributed by atoms with Crippen molar-refractivity contribution in [3.63, 3.8) is 0 Å². The Balaban J connectivity index is 1.41. The summed E-state index contributed by atoms with van der Waals surface area (Å²) >= 11 is 4.64. The number of carbonyl (C=O) groups excluding carboxylic acids is 2. The Hall–Kier alpha value is -2.75. The van der Waals surface area contributed by atoms with E-state index >= 15 is 0 Å². The van der Waals surface area contributed by atoms with Crippen LogP contribution in [0.4, 0.5) is 10.8 Å². The van der Waals surface area contributed by atoms with Gasteiger partial charge in [-0.05, 0) is 42.5 Å². The molecule has 4 rings (SSSR count). The van der Waals surface area contributed by atoms with Crippen LogP contribution in [-0.4, -0.2) is 21.8 Å². The number of rotatable bonds is 6. The maximum Gasteiger partial charge on any atom is 0.257 e. The van der Waals surface area contributed by atoms with E-state index in [0.29, 0.717) is 16.4 Å². The summed E-state index contributed by atoms with van der Waals surface area (Å²) < 4.78 is 0.889. The summed E-state index contributed by atoms with van der Waals surface area (Å²) in [5, 5.41) is 8.15. The van der Waals surface area contributed by atoms with Crippen LogP contribution in [-0.2, 0) is 10.5 Å². The lowest BCUT2D eigenvalue weighted by Gasteiger charge is -2.03. The molecule has 2 amide bonds. The first-order valence-corrected chi connectivity index (χ1v) is 11.4. The molecule has 2 aromatic carbocycles. The van der Waals surface area contributed by atoms with Crippen LogP contribution in [0, 0.1) is 0 Å². The van der Waals surface area contributed by atoms with Gasteiger partial charge in [-0.2, -0.15) is 0 Å². The molecule has 146 valence electrons. The van der Waals surface area contributed by atoms with E-state index in [0.717, 1.165) is 26.6 Å². The van der Waals surface area contributed by atoms with E-state index in [1.165, 1.54) is 18.3 Å². The van der Waals surface area contributed by atoms with Gasteiger partial charge in [-0.15, -0.1) is 23.1 Å². The van der Waals surface area contributed by atoms with Gasteiger partial charge < -0.3 is 5.32 Å². The van der Waals surface area contributed by atoms with Gasteiger partial charge in [-0.1, -0.05) is 11.3 Å². The third-order valence-corrected chi connectivity index (χ3v) is 6.53. The molecule has 6 nitrogen and oxygen atoms in total. The average molecular weight is 441 g/mol. The number of benzene rings is 2. The first-order chi connectivity index (χ1) is 14.1. The summed E-state index contributed by atoms with van der Waals surface area (Å²) in [6.45, 7) is 1.46. The summed E-state index contributed by atoms with van der Waals surface area (Å²) in [5.74, 6) is 0.471. The summed E-state index contributed by atoms with van der Waals surface area (Å²) in [5.41, 5.74) is 4.93. The van der Waals surface area contributed by atoms with Gasteiger partial charge in [0.15, 0.2) is 5.13 Å². The zero-order valence-corrected chi connectivity index (χ0v) is 17.8. The molecule has 0 bridgehead atoms. The Morgan fingerprint density at radius 2 is 1.93 bits per heavy atom. The number of hydrogen-bond donors (Lipinski definition) is 2. The third-order valence-electron chi connectivity index (χ3n) is 3.92. The SMILES string of the molecule is CC(=O)Nc1ccc2nc(NC(=O)c3ccc(SCc4cscn4)cc3)sc2c1. The van der Waals surface area contributed by atoms with Crippen molar-refractivity contribution in [3.05, 3.63) is 64.6 Å².